The highest BCUT2D eigenvalue weighted by molar-refractivity contribution is 6.31. The van der Waals surface area contributed by atoms with E-state index in [-0.39, 0.29) is 11.9 Å². The minimum Gasteiger partial charge on any atom is -0.292 e. The van der Waals surface area contributed by atoms with E-state index in [0.29, 0.717) is 23.9 Å². The standard InChI is InChI=1S/C20H25ClN5O2/c1-23-18-17(19(27)24(2)20(23)28)26(12-14-8-4-5-9-15(14)21)16(22-18)13-25-10-6-3-7-11-25/h4-5,8-9,17H,3,6-7,10-13H2,1-2H3/q+1. The fraction of sp³-hybridized carbons (Fsp3) is 0.500. The fourth-order valence-corrected chi connectivity index (χ4v) is 4.28. The number of amides is 3. The number of halogens is 1. The van der Waals surface area contributed by atoms with Gasteiger partial charge < -0.3 is 0 Å². The molecule has 3 heterocycles. The van der Waals surface area contributed by atoms with E-state index in [4.69, 9.17) is 16.6 Å². The van der Waals surface area contributed by atoms with Crippen LogP contribution in [0.3, 0.4) is 0 Å². The average molecular weight is 403 g/mol. The van der Waals surface area contributed by atoms with Gasteiger partial charge in [0.25, 0.3) is 17.8 Å². The van der Waals surface area contributed by atoms with E-state index in [1.807, 2.05) is 28.8 Å². The molecule has 1 unspecified atom stereocenters. The van der Waals surface area contributed by atoms with Crippen molar-refractivity contribution in [3.05, 3.63) is 34.9 Å². The molecule has 1 atom stereocenters. The van der Waals surface area contributed by atoms with Crippen LogP contribution >= 0.6 is 11.6 Å². The molecule has 148 valence electrons. The van der Waals surface area contributed by atoms with Crippen molar-refractivity contribution in [2.45, 2.75) is 31.8 Å². The number of piperidine rings is 1. The highest BCUT2D eigenvalue weighted by Crippen LogP contribution is 2.24. The van der Waals surface area contributed by atoms with Gasteiger partial charge in [0.05, 0.1) is 0 Å². The predicted octanol–water partition coefficient (Wildman–Crippen LogP) is 2.04. The normalized spacial score (nSPS) is 23.4. The Balaban J connectivity index is 1.72. The van der Waals surface area contributed by atoms with E-state index in [9.17, 15) is 9.59 Å². The summed E-state index contributed by atoms with van der Waals surface area (Å²) in [7, 11) is 3.20. The molecule has 2 fully saturated rings. The molecule has 8 heteroatoms. The van der Waals surface area contributed by atoms with Crippen molar-refractivity contribution < 1.29 is 14.2 Å². The Morgan fingerprint density at radius 1 is 1.11 bits per heavy atom. The number of fused-ring (bicyclic) bond motifs is 1. The first-order valence-corrected chi connectivity index (χ1v) is 10.1. The van der Waals surface area contributed by atoms with Gasteiger partial charge in [0.1, 0.15) is 13.1 Å². The maximum atomic E-state index is 13.0. The number of likely N-dealkylation sites (tertiary alicyclic amines) is 1. The SMILES string of the molecule is CN1C(=O)C2C(=NC(CN3CCCCC3)=[N+]2Cc2ccccc2Cl)N(C)C1=O. The number of hydrogen-bond acceptors (Lipinski definition) is 4. The highest BCUT2D eigenvalue weighted by Gasteiger charge is 2.53. The van der Waals surface area contributed by atoms with Crippen molar-refractivity contribution in [1.29, 1.82) is 0 Å². The molecule has 3 amide bonds. The van der Waals surface area contributed by atoms with Gasteiger partial charge in [0.2, 0.25) is 0 Å². The van der Waals surface area contributed by atoms with E-state index in [1.54, 1.807) is 7.05 Å². The lowest BCUT2D eigenvalue weighted by Crippen LogP contribution is -2.61. The number of carbonyl (C=O) groups is 2. The van der Waals surface area contributed by atoms with Crippen LogP contribution in [-0.2, 0) is 11.3 Å². The second-order valence-corrected chi connectivity index (χ2v) is 7.99. The van der Waals surface area contributed by atoms with Gasteiger partial charge in [-0.2, -0.15) is 0 Å². The summed E-state index contributed by atoms with van der Waals surface area (Å²) in [5, 5.41) is 0.661. The van der Waals surface area contributed by atoms with Gasteiger partial charge in [-0.3, -0.25) is 19.5 Å². The fourth-order valence-electron chi connectivity index (χ4n) is 4.09. The molecule has 4 rings (SSSR count). The Morgan fingerprint density at radius 3 is 2.54 bits per heavy atom. The van der Waals surface area contributed by atoms with Gasteiger partial charge in [-0.1, -0.05) is 36.2 Å². The molecule has 0 radical (unpaired) electrons. The molecule has 1 aromatic carbocycles. The van der Waals surface area contributed by atoms with Crippen molar-refractivity contribution in [3.8, 4) is 0 Å². The van der Waals surface area contributed by atoms with E-state index in [1.165, 1.54) is 36.1 Å². The van der Waals surface area contributed by atoms with Crippen LogP contribution in [0.4, 0.5) is 4.79 Å². The number of aliphatic imine (C=N–C) groups is 1. The number of likely N-dealkylation sites (N-methyl/N-ethyl adjacent to an activating group) is 2. The number of imide groups is 1. The van der Waals surface area contributed by atoms with Crippen LogP contribution in [0.15, 0.2) is 29.3 Å². The number of carbonyl (C=O) groups excluding carboxylic acids is 2. The Morgan fingerprint density at radius 2 is 1.82 bits per heavy atom. The Hall–Kier alpha value is -2.25. The first-order valence-electron chi connectivity index (χ1n) is 9.69. The second-order valence-electron chi connectivity index (χ2n) is 7.58. The first-order chi connectivity index (χ1) is 13.5. The Bertz CT molecular complexity index is 875. The largest absolute Gasteiger partial charge is 0.333 e. The molecule has 0 N–H and O–H groups in total. The number of amidine groups is 2. The Labute approximate surface area is 169 Å². The summed E-state index contributed by atoms with van der Waals surface area (Å²) in [5.41, 5.74) is 0.937. The zero-order valence-corrected chi connectivity index (χ0v) is 17.0. The van der Waals surface area contributed by atoms with Crippen molar-refractivity contribution >= 4 is 35.2 Å². The number of hydrogen-bond donors (Lipinski definition) is 0. The summed E-state index contributed by atoms with van der Waals surface area (Å²) < 4.78 is 2.01. The van der Waals surface area contributed by atoms with E-state index < -0.39 is 6.04 Å². The number of urea groups is 1. The summed E-state index contributed by atoms with van der Waals surface area (Å²) in [4.78, 5) is 35.2. The minimum atomic E-state index is -0.594. The molecule has 3 aliphatic rings. The highest BCUT2D eigenvalue weighted by atomic mass is 35.5. The molecule has 1 aromatic rings. The van der Waals surface area contributed by atoms with E-state index >= 15 is 0 Å². The lowest BCUT2D eigenvalue weighted by molar-refractivity contribution is -0.552. The maximum Gasteiger partial charge on any atom is 0.333 e. The summed E-state index contributed by atoms with van der Waals surface area (Å²) >= 11 is 6.39. The summed E-state index contributed by atoms with van der Waals surface area (Å²) in [6.45, 7) is 3.20. The summed E-state index contributed by atoms with van der Waals surface area (Å²) in [6.07, 6.45) is 3.61. The van der Waals surface area contributed by atoms with E-state index in [2.05, 4.69) is 4.90 Å². The molecule has 7 nitrogen and oxygen atoms in total. The van der Waals surface area contributed by atoms with Crippen LogP contribution in [0.2, 0.25) is 5.02 Å². The first kappa shape index (κ1) is 19.1. The van der Waals surface area contributed by atoms with Crippen molar-refractivity contribution in [2.24, 2.45) is 4.99 Å². The average Bonchev–Trinajstić information content (AvgIpc) is 3.05. The maximum absolute atomic E-state index is 13.0. The van der Waals surface area contributed by atoms with Gasteiger partial charge in [0.15, 0.2) is 0 Å². The van der Waals surface area contributed by atoms with Crippen LogP contribution < -0.4 is 0 Å². The van der Waals surface area contributed by atoms with Crippen molar-refractivity contribution in [2.75, 3.05) is 33.7 Å². The van der Waals surface area contributed by atoms with Gasteiger partial charge in [-0.05, 0) is 37.0 Å². The predicted molar refractivity (Wildman–Crippen MR) is 108 cm³/mol. The molecule has 0 aliphatic carbocycles. The quantitative estimate of drug-likeness (QED) is 0.724. The summed E-state index contributed by atoms with van der Waals surface area (Å²) in [5.74, 6) is 1.08. The van der Waals surface area contributed by atoms with Crippen LogP contribution in [-0.4, -0.2) is 82.7 Å². The lowest BCUT2D eigenvalue weighted by Gasteiger charge is -2.30. The van der Waals surface area contributed by atoms with Crippen molar-refractivity contribution in [3.63, 3.8) is 0 Å². The van der Waals surface area contributed by atoms with Gasteiger partial charge in [-0.25, -0.2) is 9.37 Å². The van der Waals surface area contributed by atoms with Crippen molar-refractivity contribution in [1.82, 2.24) is 14.7 Å². The lowest BCUT2D eigenvalue weighted by atomic mass is 10.1. The van der Waals surface area contributed by atoms with Gasteiger partial charge >= 0.3 is 11.9 Å². The van der Waals surface area contributed by atoms with Crippen LogP contribution in [0, 0.1) is 0 Å². The molecule has 2 saturated heterocycles. The topological polar surface area (TPSA) is 59.2 Å². The number of benzene rings is 1. The molecular weight excluding hydrogens is 378 g/mol. The van der Waals surface area contributed by atoms with Gasteiger partial charge in [0, 0.05) is 24.7 Å². The zero-order valence-electron chi connectivity index (χ0n) is 16.3. The third-order valence-corrected chi connectivity index (χ3v) is 6.09. The third kappa shape index (κ3) is 3.33. The van der Waals surface area contributed by atoms with Crippen LogP contribution in [0.5, 0.6) is 0 Å². The molecular formula is C20H25ClN5O2+. The second kappa shape index (κ2) is 7.64. The molecule has 0 bridgehead atoms. The summed E-state index contributed by atoms with van der Waals surface area (Å²) in [6, 6.07) is 6.70. The minimum absolute atomic E-state index is 0.248. The molecule has 3 aliphatic heterocycles. The van der Waals surface area contributed by atoms with Gasteiger partial charge in [-0.15, -0.1) is 0 Å². The monoisotopic (exact) mass is 402 g/mol. The molecule has 28 heavy (non-hydrogen) atoms. The Kier molecular flexibility index (Phi) is 5.21. The van der Waals surface area contributed by atoms with Crippen LogP contribution in [0.25, 0.3) is 0 Å². The zero-order chi connectivity index (χ0) is 19.8. The number of nitrogens with zero attached hydrogens (tertiary/aromatic N) is 5. The number of rotatable bonds is 4. The third-order valence-electron chi connectivity index (χ3n) is 5.73. The molecule has 0 spiro atoms. The molecule has 0 saturated carbocycles. The molecule has 0 aromatic heterocycles. The van der Waals surface area contributed by atoms with E-state index in [0.717, 1.165) is 24.5 Å². The smallest absolute Gasteiger partial charge is 0.292 e. The van der Waals surface area contributed by atoms with Crippen LogP contribution in [0.1, 0.15) is 24.8 Å².